The number of carbonyl (C=O) groups is 1. The highest BCUT2D eigenvalue weighted by Gasteiger charge is 2.28. The van der Waals surface area contributed by atoms with E-state index in [1.807, 2.05) is 36.4 Å². The third-order valence-corrected chi connectivity index (χ3v) is 5.27. The number of carboxylic acid groups (broad SMARTS) is 1. The van der Waals surface area contributed by atoms with Crippen LogP contribution in [0.3, 0.4) is 0 Å². The van der Waals surface area contributed by atoms with Gasteiger partial charge in [0, 0.05) is 12.0 Å². The van der Waals surface area contributed by atoms with Crippen LogP contribution in [-0.2, 0) is 17.8 Å². The van der Waals surface area contributed by atoms with Crippen LogP contribution in [0.5, 0.6) is 5.75 Å². The first-order valence-corrected chi connectivity index (χ1v) is 10.8. The fourth-order valence-electron chi connectivity index (χ4n) is 3.53. The molecule has 9 nitrogen and oxygen atoms in total. The van der Waals surface area contributed by atoms with E-state index < -0.39 is 22.6 Å². The minimum absolute atomic E-state index is 0.0750. The number of anilines is 1. The summed E-state index contributed by atoms with van der Waals surface area (Å²) >= 11 is 0. The number of benzene rings is 3. The number of nitro groups is 1. The average Bonchev–Trinajstić information content (AvgIpc) is 2.88. The second kappa shape index (κ2) is 10.9. The first-order valence-electron chi connectivity index (χ1n) is 10.8. The molecule has 9 heteroatoms. The highest BCUT2D eigenvalue weighted by molar-refractivity contribution is 5.82. The van der Waals surface area contributed by atoms with Crippen molar-refractivity contribution in [3.8, 4) is 17.0 Å². The molecular formula is C26H22N4O5. The van der Waals surface area contributed by atoms with Crippen LogP contribution in [0.4, 0.5) is 11.5 Å². The zero-order valence-electron chi connectivity index (χ0n) is 18.6. The lowest BCUT2D eigenvalue weighted by Crippen LogP contribution is -2.32. The number of nitrogens with zero attached hydrogens (tertiary/aromatic N) is 3. The summed E-state index contributed by atoms with van der Waals surface area (Å²) < 4.78 is 5.78. The zero-order valence-corrected chi connectivity index (χ0v) is 18.6. The van der Waals surface area contributed by atoms with Crippen LogP contribution < -0.4 is 10.1 Å². The maximum absolute atomic E-state index is 12.0. The molecule has 176 valence electrons. The van der Waals surface area contributed by atoms with Gasteiger partial charge in [-0.3, -0.25) is 10.1 Å². The molecular weight excluding hydrogens is 448 g/mol. The largest absolute Gasteiger partial charge is 0.489 e. The summed E-state index contributed by atoms with van der Waals surface area (Å²) in [5, 5.41) is 24.4. The monoisotopic (exact) mass is 470 g/mol. The fraction of sp³-hybridized carbons (Fsp3) is 0.115. The van der Waals surface area contributed by atoms with E-state index in [0.717, 1.165) is 11.1 Å². The molecule has 1 heterocycles. The molecule has 0 bridgehead atoms. The topological polar surface area (TPSA) is 127 Å². The first kappa shape index (κ1) is 23.4. The SMILES string of the molecule is O=C(O)C(Cc1ccccc1)Nc1ncnc(-c2ccc(OCc3ccccc3)cc2)c1[N+](=O)[O-]. The smallest absolute Gasteiger partial charge is 0.337 e. The van der Waals surface area contributed by atoms with Crippen LogP contribution in [0.1, 0.15) is 11.1 Å². The normalized spacial score (nSPS) is 11.4. The molecule has 4 rings (SSSR count). The van der Waals surface area contributed by atoms with Crippen molar-refractivity contribution in [2.45, 2.75) is 19.1 Å². The van der Waals surface area contributed by atoms with Crippen molar-refractivity contribution < 1.29 is 19.6 Å². The third kappa shape index (κ3) is 5.97. The van der Waals surface area contributed by atoms with E-state index in [2.05, 4.69) is 15.3 Å². The summed E-state index contributed by atoms with van der Waals surface area (Å²) in [4.78, 5) is 31.3. The second-order valence-corrected chi connectivity index (χ2v) is 7.70. The van der Waals surface area contributed by atoms with E-state index in [1.54, 1.807) is 48.5 Å². The minimum Gasteiger partial charge on any atom is -0.489 e. The molecule has 1 unspecified atom stereocenters. The van der Waals surface area contributed by atoms with Gasteiger partial charge in [-0.05, 0) is 35.4 Å². The van der Waals surface area contributed by atoms with Crippen LogP contribution in [0.25, 0.3) is 11.3 Å². The van der Waals surface area contributed by atoms with Gasteiger partial charge in [0.25, 0.3) is 0 Å². The summed E-state index contributed by atoms with van der Waals surface area (Å²) in [5.74, 6) is -0.711. The van der Waals surface area contributed by atoms with Crippen LogP contribution in [-0.4, -0.2) is 32.0 Å². The lowest BCUT2D eigenvalue weighted by Gasteiger charge is -2.16. The molecule has 0 aliphatic carbocycles. The predicted octanol–water partition coefficient (Wildman–Crippen LogP) is 4.74. The van der Waals surface area contributed by atoms with Crippen LogP contribution in [0.15, 0.2) is 91.3 Å². The molecule has 0 aliphatic heterocycles. The molecule has 4 aromatic rings. The molecule has 0 saturated carbocycles. The van der Waals surface area contributed by atoms with Crippen molar-refractivity contribution in [2.24, 2.45) is 0 Å². The molecule has 0 spiro atoms. The number of ether oxygens (including phenoxy) is 1. The van der Waals surface area contributed by atoms with Gasteiger partial charge in [-0.25, -0.2) is 14.8 Å². The highest BCUT2D eigenvalue weighted by atomic mass is 16.6. The maximum Gasteiger partial charge on any atom is 0.337 e. The molecule has 2 N–H and O–H groups in total. The highest BCUT2D eigenvalue weighted by Crippen LogP contribution is 2.34. The molecule has 1 aromatic heterocycles. The standard InChI is InChI=1S/C26H22N4O5/c31-26(32)22(15-18-7-3-1-4-8-18)29-25-24(30(33)34)23(27-17-28-25)20-11-13-21(14-12-20)35-16-19-9-5-2-6-10-19/h1-14,17,22H,15-16H2,(H,31,32)(H,27,28,29). The number of carboxylic acids is 1. The van der Waals surface area contributed by atoms with Gasteiger partial charge in [0.1, 0.15) is 24.7 Å². The van der Waals surface area contributed by atoms with Crippen molar-refractivity contribution in [1.82, 2.24) is 9.97 Å². The van der Waals surface area contributed by atoms with Gasteiger partial charge < -0.3 is 15.2 Å². The van der Waals surface area contributed by atoms with E-state index in [4.69, 9.17) is 4.74 Å². The van der Waals surface area contributed by atoms with Gasteiger partial charge in [-0.2, -0.15) is 0 Å². The Balaban J connectivity index is 1.57. The number of aromatic nitrogens is 2. The van der Waals surface area contributed by atoms with Gasteiger partial charge in [-0.1, -0.05) is 60.7 Å². The molecule has 0 saturated heterocycles. The van der Waals surface area contributed by atoms with Crippen molar-refractivity contribution >= 4 is 17.5 Å². The Morgan fingerprint density at radius 3 is 2.17 bits per heavy atom. The Morgan fingerprint density at radius 2 is 1.57 bits per heavy atom. The van der Waals surface area contributed by atoms with Gasteiger partial charge >= 0.3 is 11.7 Å². The van der Waals surface area contributed by atoms with Crippen molar-refractivity contribution in [3.63, 3.8) is 0 Å². The number of rotatable bonds is 10. The molecule has 0 fully saturated rings. The van der Waals surface area contributed by atoms with Gasteiger partial charge in [0.15, 0.2) is 5.69 Å². The molecule has 3 aromatic carbocycles. The lowest BCUT2D eigenvalue weighted by atomic mass is 10.1. The molecule has 0 amide bonds. The first-order chi connectivity index (χ1) is 17.0. The summed E-state index contributed by atoms with van der Waals surface area (Å²) in [6.45, 7) is 0.389. The summed E-state index contributed by atoms with van der Waals surface area (Å²) in [5.41, 5.74) is 1.94. The van der Waals surface area contributed by atoms with E-state index in [-0.39, 0.29) is 17.9 Å². The number of hydrogen-bond acceptors (Lipinski definition) is 7. The Labute approximate surface area is 201 Å². The zero-order chi connectivity index (χ0) is 24.6. The van der Waals surface area contributed by atoms with E-state index in [0.29, 0.717) is 17.9 Å². The van der Waals surface area contributed by atoms with Crippen molar-refractivity contribution in [2.75, 3.05) is 5.32 Å². The minimum atomic E-state index is -1.15. The van der Waals surface area contributed by atoms with E-state index in [9.17, 15) is 20.0 Å². The fourth-order valence-corrected chi connectivity index (χ4v) is 3.53. The van der Waals surface area contributed by atoms with Crippen LogP contribution >= 0.6 is 0 Å². The van der Waals surface area contributed by atoms with Gasteiger partial charge in [0.05, 0.1) is 4.92 Å². The average molecular weight is 470 g/mol. The van der Waals surface area contributed by atoms with Crippen molar-refractivity contribution in [1.29, 1.82) is 0 Å². The molecule has 0 radical (unpaired) electrons. The Hall–Kier alpha value is -4.79. The number of aliphatic carboxylic acids is 1. The lowest BCUT2D eigenvalue weighted by molar-refractivity contribution is -0.383. The quantitative estimate of drug-likeness (QED) is 0.251. The summed E-state index contributed by atoms with van der Waals surface area (Å²) in [6.07, 6.45) is 1.30. The Morgan fingerprint density at radius 1 is 0.943 bits per heavy atom. The number of hydrogen-bond donors (Lipinski definition) is 2. The van der Waals surface area contributed by atoms with Crippen LogP contribution in [0.2, 0.25) is 0 Å². The van der Waals surface area contributed by atoms with Gasteiger partial charge in [0.2, 0.25) is 5.82 Å². The van der Waals surface area contributed by atoms with Crippen LogP contribution in [0, 0.1) is 10.1 Å². The summed E-state index contributed by atoms with van der Waals surface area (Å²) in [7, 11) is 0. The van der Waals surface area contributed by atoms with Gasteiger partial charge in [-0.15, -0.1) is 0 Å². The summed E-state index contributed by atoms with van der Waals surface area (Å²) in [6, 6.07) is 24.3. The van der Waals surface area contributed by atoms with Crippen molar-refractivity contribution in [3.05, 3.63) is 112 Å². The second-order valence-electron chi connectivity index (χ2n) is 7.70. The Kier molecular flexibility index (Phi) is 7.27. The molecule has 0 aliphatic rings. The Bertz CT molecular complexity index is 1300. The maximum atomic E-state index is 12.0. The van der Waals surface area contributed by atoms with E-state index >= 15 is 0 Å². The third-order valence-electron chi connectivity index (χ3n) is 5.27. The predicted molar refractivity (Wildman–Crippen MR) is 130 cm³/mol. The molecule has 35 heavy (non-hydrogen) atoms. The van der Waals surface area contributed by atoms with E-state index in [1.165, 1.54) is 6.33 Å². The number of nitrogens with one attached hydrogen (secondary N) is 1. The molecule has 1 atom stereocenters.